The summed E-state index contributed by atoms with van der Waals surface area (Å²) >= 11 is 0. The van der Waals surface area contributed by atoms with Crippen molar-refractivity contribution in [2.45, 2.75) is 13.5 Å². The van der Waals surface area contributed by atoms with Crippen molar-refractivity contribution >= 4 is 11.6 Å². The van der Waals surface area contributed by atoms with Crippen molar-refractivity contribution in [3.63, 3.8) is 0 Å². The van der Waals surface area contributed by atoms with Gasteiger partial charge in [-0.3, -0.25) is 4.79 Å². The molecule has 0 saturated heterocycles. The number of benzene rings is 2. The van der Waals surface area contributed by atoms with Crippen LogP contribution in [0.15, 0.2) is 48.5 Å². The number of carbonyl (C=O) groups is 1. The SMILES string of the molecule is CCn1nnnc1-c1cccc(C(=O)Nc2cccc(F)c2)c1. The van der Waals surface area contributed by atoms with Gasteiger partial charge in [0.2, 0.25) is 0 Å². The molecule has 3 aromatic rings. The minimum absolute atomic E-state index is 0.326. The third kappa shape index (κ3) is 3.23. The van der Waals surface area contributed by atoms with E-state index in [0.717, 1.165) is 5.56 Å². The van der Waals surface area contributed by atoms with Crippen molar-refractivity contribution in [2.24, 2.45) is 0 Å². The lowest BCUT2D eigenvalue weighted by molar-refractivity contribution is 0.102. The zero-order chi connectivity index (χ0) is 16.2. The molecule has 0 fully saturated rings. The minimum Gasteiger partial charge on any atom is -0.322 e. The summed E-state index contributed by atoms with van der Waals surface area (Å²) in [5, 5.41) is 14.2. The van der Waals surface area contributed by atoms with E-state index in [9.17, 15) is 9.18 Å². The van der Waals surface area contributed by atoms with Crippen molar-refractivity contribution in [3.8, 4) is 11.4 Å². The topological polar surface area (TPSA) is 72.7 Å². The molecule has 0 aliphatic rings. The van der Waals surface area contributed by atoms with Gasteiger partial charge in [0.1, 0.15) is 5.82 Å². The molecule has 0 aliphatic carbocycles. The van der Waals surface area contributed by atoms with Crippen molar-refractivity contribution in [1.29, 1.82) is 0 Å². The third-order valence-corrected chi connectivity index (χ3v) is 3.30. The Balaban J connectivity index is 1.86. The molecule has 116 valence electrons. The first-order chi connectivity index (χ1) is 11.2. The second-order valence-corrected chi connectivity index (χ2v) is 4.86. The first-order valence-corrected chi connectivity index (χ1v) is 7.11. The Morgan fingerprint density at radius 2 is 2.04 bits per heavy atom. The Morgan fingerprint density at radius 1 is 1.22 bits per heavy atom. The largest absolute Gasteiger partial charge is 0.322 e. The summed E-state index contributed by atoms with van der Waals surface area (Å²) in [6, 6.07) is 12.7. The second kappa shape index (κ2) is 6.35. The number of aromatic nitrogens is 4. The summed E-state index contributed by atoms with van der Waals surface area (Å²) in [6.45, 7) is 2.56. The van der Waals surface area contributed by atoms with Gasteiger partial charge < -0.3 is 5.32 Å². The molecule has 1 aromatic heterocycles. The first kappa shape index (κ1) is 14.8. The molecule has 2 aromatic carbocycles. The summed E-state index contributed by atoms with van der Waals surface area (Å²) in [7, 11) is 0. The van der Waals surface area contributed by atoms with Gasteiger partial charge >= 0.3 is 0 Å². The molecule has 0 atom stereocenters. The third-order valence-electron chi connectivity index (χ3n) is 3.30. The maximum atomic E-state index is 13.2. The molecule has 1 amide bonds. The molecule has 23 heavy (non-hydrogen) atoms. The number of hydrogen-bond acceptors (Lipinski definition) is 4. The number of anilines is 1. The van der Waals surface area contributed by atoms with Gasteiger partial charge in [0.25, 0.3) is 5.91 Å². The number of amides is 1. The van der Waals surface area contributed by atoms with Gasteiger partial charge in [-0.05, 0) is 47.7 Å². The standard InChI is InChI=1S/C16H14FN5O/c1-2-22-15(19-20-21-22)11-5-3-6-12(9-11)16(23)18-14-8-4-7-13(17)10-14/h3-10H,2H2,1H3,(H,18,23). The van der Waals surface area contributed by atoms with E-state index in [0.29, 0.717) is 23.6 Å². The molecule has 3 rings (SSSR count). The fraction of sp³-hybridized carbons (Fsp3) is 0.125. The highest BCUT2D eigenvalue weighted by molar-refractivity contribution is 6.04. The summed E-state index contributed by atoms with van der Waals surface area (Å²) in [5.74, 6) is -0.139. The van der Waals surface area contributed by atoms with Crippen molar-refractivity contribution in [1.82, 2.24) is 20.2 Å². The van der Waals surface area contributed by atoms with Crippen molar-refractivity contribution in [2.75, 3.05) is 5.32 Å². The second-order valence-electron chi connectivity index (χ2n) is 4.86. The fourth-order valence-electron chi connectivity index (χ4n) is 2.19. The van der Waals surface area contributed by atoms with Crippen LogP contribution in [0.3, 0.4) is 0 Å². The highest BCUT2D eigenvalue weighted by Gasteiger charge is 2.11. The van der Waals surface area contributed by atoms with Crippen LogP contribution >= 0.6 is 0 Å². The summed E-state index contributed by atoms with van der Waals surface area (Å²) in [4.78, 5) is 12.3. The average Bonchev–Trinajstić information content (AvgIpc) is 3.03. The highest BCUT2D eigenvalue weighted by Crippen LogP contribution is 2.18. The summed E-state index contributed by atoms with van der Waals surface area (Å²) in [6.07, 6.45) is 0. The average molecular weight is 311 g/mol. The minimum atomic E-state index is -0.404. The first-order valence-electron chi connectivity index (χ1n) is 7.11. The quantitative estimate of drug-likeness (QED) is 0.804. The van der Waals surface area contributed by atoms with Crippen LogP contribution in [0.1, 0.15) is 17.3 Å². The number of hydrogen-bond donors (Lipinski definition) is 1. The van der Waals surface area contributed by atoms with Crippen LogP contribution in [0.5, 0.6) is 0 Å². The molecule has 0 bridgehead atoms. The number of rotatable bonds is 4. The van der Waals surface area contributed by atoms with Gasteiger partial charge in [-0.1, -0.05) is 18.2 Å². The molecule has 7 heteroatoms. The van der Waals surface area contributed by atoms with E-state index < -0.39 is 5.82 Å². The molecule has 1 heterocycles. The summed E-state index contributed by atoms with van der Waals surface area (Å²) in [5.41, 5.74) is 1.58. The van der Waals surface area contributed by atoms with Crippen molar-refractivity contribution in [3.05, 3.63) is 59.9 Å². The Kier molecular flexibility index (Phi) is 4.09. The summed E-state index contributed by atoms with van der Waals surface area (Å²) < 4.78 is 14.8. The molecule has 0 saturated carbocycles. The molecule has 0 aliphatic heterocycles. The lowest BCUT2D eigenvalue weighted by Crippen LogP contribution is -2.12. The predicted octanol–water partition coefficient (Wildman–Crippen LogP) is 2.75. The van der Waals surface area contributed by atoms with Gasteiger partial charge in [0.05, 0.1) is 0 Å². The van der Waals surface area contributed by atoms with E-state index >= 15 is 0 Å². The zero-order valence-corrected chi connectivity index (χ0v) is 12.4. The smallest absolute Gasteiger partial charge is 0.255 e. The maximum Gasteiger partial charge on any atom is 0.255 e. The molecule has 0 spiro atoms. The molecule has 1 N–H and O–H groups in total. The van der Waals surface area contributed by atoms with Crippen LogP contribution in [0.2, 0.25) is 0 Å². The molecular formula is C16H14FN5O. The maximum absolute atomic E-state index is 13.2. The van der Waals surface area contributed by atoms with E-state index in [1.54, 1.807) is 28.9 Å². The number of nitrogens with one attached hydrogen (secondary N) is 1. The number of nitrogens with zero attached hydrogens (tertiary/aromatic N) is 4. The van der Waals surface area contributed by atoms with Gasteiger partial charge in [-0.25, -0.2) is 9.07 Å². The Morgan fingerprint density at radius 3 is 2.83 bits per heavy atom. The van der Waals surface area contributed by atoms with E-state index in [1.807, 2.05) is 13.0 Å². The van der Waals surface area contributed by atoms with Gasteiger partial charge in [0.15, 0.2) is 5.82 Å². The van der Waals surface area contributed by atoms with Crippen molar-refractivity contribution < 1.29 is 9.18 Å². The van der Waals surface area contributed by atoms with E-state index in [2.05, 4.69) is 20.8 Å². The van der Waals surface area contributed by atoms with Crippen LogP contribution in [0, 0.1) is 5.82 Å². The zero-order valence-electron chi connectivity index (χ0n) is 12.4. The van der Waals surface area contributed by atoms with E-state index in [1.165, 1.54) is 18.2 Å². The van der Waals surface area contributed by atoms with E-state index in [-0.39, 0.29) is 5.91 Å². The monoisotopic (exact) mass is 311 g/mol. The van der Waals surface area contributed by atoms with Gasteiger partial charge in [-0.15, -0.1) is 5.10 Å². The van der Waals surface area contributed by atoms with E-state index in [4.69, 9.17) is 0 Å². The molecular weight excluding hydrogens is 297 g/mol. The molecule has 0 radical (unpaired) electrons. The predicted molar refractivity (Wildman–Crippen MR) is 83.3 cm³/mol. The van der Waals surface area contributed by atoms with Crippen LogP contribution < -0.4 is 5.32 Å². The lowest BCUT2D eigenvalue weighted by atomic mass is 10.1. The van der Waals surface area contributed by atoms with Crippen LogP contribution in [-0.4, -0.2) is 26.1 Å². The highest BCUT2D eigenvalue weighted by atomic mass is 19.1. The fourth-order valence-corrected chi connectivity index (χ4v) is 2.19. The lowest BCUT2D eigenvalue weighted by Gasteiger charge is -2.07. The van der Waals surface area contributed by atoms with Crippen LogP contribution in [0.4, 0.5) is 10.1 Å². The Bertz CT molecular complexity index is 846. The Hall–Kier alpha value is -3.09. The number of tetrazole rings is 1. The Labute approximate surface area is 132 Å². The normalized spacial score (nSPS) is 10.5. The van der Waals surface area contributed by atoms with Crippen LogP contribution in [-0.2, 0) is 6.54 Å². The van der Waals surface area contributed by atoms with Gasteiger partial charge in [-0.2, -0.15) is 0 Å². The van der Waals surface area contributed by atoms with Crippen LogP contribution in [0.25, 0.3) is 11.4 Å². The molecule has 6 nitrogen and oxygen atoms in total. The molecule has 0 unspecified atom stereocenters. The number of aryl methyl sites for hydroxylation is 1. The number of carbonyl (C=O) groups excluding carboxylic acids is 1. The number of halogens is 1. The van der Waals surface area contributed by atoms with Gasteiger partial charge in [0, 0.05) is 23.4 Å².